The third kappa shape index (κ3) is 3.05. The molecule has 1 fully saturated rings. The van der Waals surface area contributed by atoms with Gasteiger partial charge in [-0.3, -0.25) is 4.79 Å². The van der Waals surface area contributed by atoms with Gasteiger partial charge in [0, 0.05) is 11.6 Å². The molecule has 1 aromatic carbocycles. The lowest BCUT2D eigenvalue weighted by atomic mass is 10.1. The number of nitrogens with zero attached hydrogens (tertiary/aromatic N) is 5. The zero-order valence-corrected chi connectivity index (χ0v) is 14.3. The SMILES string of the molecule is Cc1cc(C(=O)Nc2ccnn2C(C)C2CC2)ccc1-n1cncn1. The molecule has 1 saturated carbocycles. The van der Waals surface area contributed by atoms with Gasteiger partial charge >= 0.3 is 0 Å². The molecule has 2 aromatic heterocycles. The molecule has 4 rings (SSSR count). The van der Waals surface area contributed by atoms with Crippen LogP contribution >= 0.6 is 0 Å². The van der Waals surface area contributed by atoms with Crippen LogP contribution in [0.5, 0.6) is 0 Å². The van der Waals surface area contributed by atoms with E-state index in [0.717, 1.165) is 17.1 Å². The summed E-state index contributed by atoms with van der Waals surface area (Å²) in [5, 5.41) is 11.5. The van der Waals surface area contributed by atoms with Crippen LogP contribution in [0.2, 0.25) is 0 Å². The Balaban J connectivity index is 1.54. The molecule has 25 heavy (non-hydrogen) atoms. The van der Waals surface area contributed by atoms with Crippen LogP contribution in [0.1, 0.15) is 41.7 Å². The molecule has 0 aliphatic heterocycles. The number of anilines is 1. The van der Waals surface area contributed by atoms with Crippen molar-refractivity contribution in [3.63, 3.8) is 0 Å². The van der Waals surface area contributed by atoms with Crippen molar-refractivity contribution in [3.05, 3.63) is 54.2 Å². The first-order valence-electron chi connectivity index (χ1n) is 8.44. The fourth-order valence-corrected chi connectivity index (χ4v) is 3.09. The minimum absolute atomic E-state index is 0.141. The van der Waals surface area contributed by atoms with Gasteiger partial charge in [-0.15, -0.1) is 0 Å². The van der Waals surface area contributed by atoms with Crippen molar-refractivity contribution in [1.82, 2.24) is 24.5 Å². The van der Waals surface area contributed by atoms with Crippen LogP contribution in [0.15, 0.2) is 43.1 Å². The van der Waals surface area contributed by atoms with Gasteiger partial charge in [-0.2, -0.15) is 10.2 Å². The third-order valence-corrected chi connectivity index (χ3v) is 4.73. The number of carbonyl (C=O) groups excluding carboxylic acids is 1. The minimum Gasteiger partial charge on any atom is -0.307 e. The van der Waals surface area contributed by atoms with E-state index in [0.29, 0.717) is 17.5 Å². The smallest absolute Gasteiger partial charge is 0.256 e. The van der Waals surface area contributed by atoms with Gasteiger partial charge in [-0.1, -0.05) is 0 Å². The number of nitrogens with one attached hydrogen (secondary N) is 1. The lowest BCUT2D eigenvalue weighted by Gasteiger charge is -2.15. The van der Waals surface area contributed by atoms with Crippen molar-refractivity contribution in [2.24, 2.45) is 5.92 Å². The molecule has 1 atom stereocenters. The van der Waals surface area contributed by atoms with Crippen molar-refractivity contribution in [3.8, 4) is 5.69 Å². The molecule has 3 aromatic rings. The predicted molar refractivity (Wildman–Crippen MR) is 93.7 cm³/mol. The molecule has 0 spiro atoms. The molecule has 2 heterocycles. The number of amides is 1. The Morgan fingerprint density at radius 1 is 1.28 bits per heavy atom. The van der Waals surface area contributed by atoms with E-state index in [1.54, 1.807) is 23.3 Å². The number of benzene rings is 1. The Bertz CT molecular complexity index is 894. The quantitative estimate of drug-likeness (QED) is 0.777. The summed E-state index contributed by atoms with van der Waals surface area (Å²) in [5.74, 6) is 1.26. The minimum atomic E-state index is -0.141. The average Bonchev–Trinajstić information content (AvgIpc) is 3.12. The van der Waals surface area contributed by atoms with E-state index in [1.165, 1.54) is 19.2 Å². The predicted octanol–water partition coefficient (Wildman–Crippen LogP) is 3.00. The summed E-state index contributed by atoms with van der Waals surface area (Å²) in [6, 6.07) is 7.68. The maximum absolute atomic E-state index is 12.6. The summed E-state index contributed by atoms with van der Waals surface area (Å²) in [4.78, 5) is 16.6. The van der Waals surface area contributed by atoms with Crippen molar-refractivity contribution in [2.75, 3.05) is 5.32 Å². The van der Waals surface area contributed by atoms with Gasteiger partial charge in [0.25, 0.3) is 5.91 Å². The monoisotopic (exact) mass is 336 g/mol. The Morgan fingerprint density at radius 2 is 2.12 bits per heavy atom. The van der Waals surface area contributed by atoms with Crippen LogP contribution in [-0.2, 0) is 0 Å². The van der Waals surface area contributed by atoms with E-state index >= 15 is 0 Å². The van der Waals surface area contributed by atoms with E-state index < -0.39 is 0 Å². The number of aryl methyl sites for hydroxylation is 1. The summed E-state index contributed by atoms with van der Waals surface area (Å²) in [5.41, 5.74) is 2.47. The molecule has 1 aliphatic rings. The maximum Gasteiger partial charge on any atom is 0.256 e. The average molecular weight is 336 g/mol. The number of carbonyl (C=O) groups is 1. The van der Waals surface area contributed by atoms with Crippen LogP contribution in [0.3, 0.4) is 0 Å². The number of rotatable bonds is 5. The Kier molecular flexibility index (Phi) is 3.83. The molecular weight excluding hydrogens is 316 g/mol. The van der Waals surface area contributed by atoms with Crippen molar-refractivity contribution >= 4 is 11.7 Å². The van der Waals surface area contributed by atoms with Crippen LogP contribution in [0, 0.1) is 12.8 Å². The van der Waals surface area contributed by atoms with Crippen LogP contribution < -0.4 is 5.32 Å². The van der Waals surface area contributed by atoms with E-state index in [-0.39, 0.29) is 5.91 Å². The first-order chi connectivity index (χ1) is 12.1. The van der Waals surface area contributed by atoms with Gasteiger partial charge in [0.15, 0.2) is 0 Å². The van der Waals surface area contributed by atoms with E-state index in [1.807, 2.05) is 29.8 Å². The fraction of sp³-hybridized carbons (Fsp3) is 0.333. The molecule has 0 bridgehead atoms. The van der Waals surface area contributed by atoms with Crippen molar-refractivity contribution in [1.29, 1.82) is 0 Å². The molecular formula is C18H20N6O. The highest BCUT2D eigenvalue weighted by molar-refractivity contribution is 6.04. The summed E-state index contributed by atoms with van der Waals surface area (Å²) in [7, 11) is 0. The van der Waals surface area contributed by atoms with Crippen molar-refractivity contribution < 1.29 is 4.79 Å². The summed E-state index contributed by atoms with van der Waals surface area (Å²) in [6.07, 6.45) is 7.32. The van der Waals surface area contributed by atoms with Crippen molar-refractivity contribution in [2.45, 2.75) is 32.7 Å². The van der Waals surface area contributed by atoms with E-state index in [4.69, 9.17) is 0 Å². The highest BCUT2D eigenvalue weighted by Gasteiger charge is 2.30. The van der Waals surface area contributed by atoms with Crippen LogP contribution in [0.25, 0.3) is 5.69 Å². The first kappa shape index (κ1) is 15.6. The lowest BCUT2D eigenvalue weighted by Crippen LogP contribution is -2.18. The molecule has 1 unspecified atom stereocenters. The second-order valence-electron chi connectivity index (χ2n) is 6.53. The largest absolute Gasteiger partial charge is 0.307 e. The highest BCUT2D eigenvalue weighted by atomic mass is 16.1. The molecule has 1 N–H and O–H groups in total. The molecule has 1 amide bonds. The molecule has 1 aliphatic carbocycles. The molecule has 128 valence electrons. The van der Waals surface area contributed by atoms with Gasteiger partial charge in [0.05, 0.1) is 17.9 Å². The normalized spacial score (nSPS) is 15.1. The summed E-state index contributed by atoms with van der Waals surface area (Å²) < 4.78 is 3.59. The highest BCUT2D eigenvalue weighted by Crippen LogP contribution is 2.40. The van der Waals surface area contributed by atoms with Gasteiger partial charge in [-0.05, 0) is 56.4 Å². The molecule has 7 heteroatoms. The zero-order valence-electron chi connectivity index (χ0n) is 14.3. The maximum atomic E-state index is 12.6. The van der Waals surface area contributed by atoms with Gasteiger partial charge in [0.2, 0.25) is 0 Å². The summed E-state index contributed by atoms with van der Waals surface area (Å²) >= 11 is 0. The van der Waals surface area contributed by atoms with Gasteiger partial charge < -0.3 is 5.32 Å². The Labute approximate surface area is 145 Å². The second kappa shape index (κ2) is 6.16. The molecule has 0 saturated heterocycles. The molecule has 7 nitrogen and oxygen atoms in total. The zero-order chi connectivity index (χ0) is 17.4. The number of hydrogen-bond donors (Lipinski definition) is 1. The standard InChI is InChI=1S/C18H20N6O/c1-12-9-15(5-6-16(12)23-11-19-10-21-23)18(25)22-17-7-8-20-24(17)13(2)14-3-4-14/h5-11,13-14H,3-4H2,1-2H3,(H,22,25). The topological polar surface area (TPSA) is 77.6 Å². The van der Waals surface area contributed by atoms with E-state index in [9.17, 15) is 4.79 Å². The Morgan fingerprint density at radius 3 is 2.80 bits per heavy atom. The third-order valence-electron chi connectivity index (χ3n) is 4.73. The summed E-state index contributed by atoms with van der Waals surface area (Å²) in [6.45, 7) is 4.10. The van der Waals surface area contributed by atoms with Crippen LogP contribution in [-0.4, -0.2) is 30.5 Å². The fourth-order valence-electron chi connectivity index (χ4n) is 3.09. The molecule has 0 radical (unpaired) electrons. The van der Waals surface area contributed by atoms with Gasteiger partial charge in [0.1, 0.15) is 18.5 Å². The second-order valence-corrected chi connectivity index (χ2v) is 6.53. The lowest BCUT2D eigenvalue weighted by molar-refractivity contribution is 0.102. The number of aromatic nitrogens is 5. The van der Waals surface area contributed by atoms with E-state index in [2.05, 4.69) is 27.4 Å². The van der Waals surface area contributed by atoms with Gasteiger partial charge in [-0.25, -0.2) is 14.3 Å². The Hall–Kier alpha value is -2.96. The van der Waals surface area contributed by atoms with Crippen LogP contribution in [0.4, 0.5) is 5.82 Å². The number of hydrogen-bond acceptors (Lipinski definition) is 4. The first-order valence-corrected chi connectivity index (χ1v) is 8.44.